The molecule has 0 atom stereocenters. The number of rotatable bonds is 2. The fourth-order valence-electron chi connectivity index (χ4n) is 5.74. The molecule has 0 radical (unpaired) electrons. The summed E-state index contributed by atoms with van der Waals surface area (Å²) in [7, 11) is 0. The van der Waals surface area contributed by atoms with E-state index in [-0.39, 0.29) is 0 Å². The maximum atomic E-state index is 2.45. The molecule has 0 saturated carbocycles. The molecule has 2 heterocycles. The quantitative estimate of drug-likeness (QED) is 0.270. The summed E-state index contributed by atoms with van der Waals surface area (Å²) in [5, 5.41) is 5.17. The van der Waals surface area contributed by atoms with E-state index in [4.69, 9.17) is 0 Å². The zero-order chi connectivity index (χ0) is 21.5. The van der Waals surface area contributed by atoms with E-state index in [1.54, 1.807) is 0 Å². The summed E-state index contributed by atoms with van der Waals surface area (Å²) in [6.45, 7) is 0. The van der Waals surface area contributed by atoms with Crippen LogP contribution in [0.5, 0.6) is 0 Å². The van der Waals surface area contributed by atoms with Crippen molar-refractivity contribution in [1.29, 1.82) is 0 Å². The highest BCUT2D eigenvalue weighted by molar-refractivity contribution is 6.19. The number of hydrogen-bond donors (Lipinski definition) is 0. The molecule has 154 valence electrons. The Balaban J connectivity index is 1.57. The summed E-state index contributed by atoms with van der Waals surface area (Å²) in [6.07, 6.45) is 1.11. The van der Waals surface area contributed by atoms with Crippen molar-refractivity contribution in [3.8, 4) is 11.4 Å². The van der Waals surface area contributed by atoms with Crippen LogP contribution in [0.2, 0.25) is 0 Å². The van der Waals surface area contributed by atoms with Gasteiger partial charge in [0.2, 0.25) is 0 Å². The molecule has 33 heavy (non-hydrogen) atoms. The summed E-state index contributed by atoms with van der Waals surface area (Å²) in [5.41, 5.74) is 10.3. The first-order chi connectivity index (χ1) is 16.3. The molecule has 2 bridgehead atoms. The van der Waals surface area contributed by atoms with Crippen LogP contribution in [0.3, 0.4) is 0 Å². The third-order valence-corrected chi connectivity index (χ3v) is 7.18. The average molecular weight is 421 g/mol. The van der Waals surface area contributed by atoms with E-state index in [2.05, 4.69) is 118 Å². The molecule has 9 rings (SSSR count). The van der Waals surface area contributed by atoms with E-state index in [0.29, 0.717) is 0 Å². The lowest BCUT2D eigenvalue weighted by atomic mass is 9.92. The van der Waals surface area contributed by atoms with Crippen molar-refractivity contribution >= 4 is 43.6 Å². The summed E-state index contributed by atoms with van der Waals surface area (Å²) in [4.78, 5) is 0. The number of hydrogen-bond acceptors (Lipinski definition) is 0. The molecule has 2 nitrogen and oxygen atoms in total. The number of benzene rings is 5. The topological polar surface area (TPSA) is 9.86 Å². The van der Waals surface area contributed by atoms with Crippen LogP contribution >= 0.6 is 0 Å². The van der Waals surface area contributed by atoms with Gasteiger partial charge in [-0.05, 0) is 66.1 Å². The number of nitrogens with zero attached hydrogens (tertiary/aromatic N) is 2. The normalized spacial score (nSPS) is 12.7. The van der Waals surface area contributed by atoms with Crippen molar-refractivity contribution in [3.63, 3.8) is 0 Å². The lowest BCUT2D eigenvalue weighted by molar-refractivity contribution is 1.05. The van der Waals surface area contributed by atoms with Gasteiger partial charge >= 0.3 is 0 Å². The Morgan fingerprint density at radius 2 is 0.879 bits per heavy atom. The van der Waals surface area contributed by atoms with Crippen LogP contribution in [0.15, 0.2) is 109 Å². The second-order valence-corrected chi connectivity index (χ2v) is 9.11. The first-order valence-electron chi connectivity index (χ1n) is 11.5. The number of fused-ring (bicyclic) bond motifs is 8. The molecular formula is C31H20N2. The lowest BCUT2D eigenvalue weighted by Crippen LogP contribution is -2.05. The average Bonchev–Trinajstić information content (AvgIpc) is 3.35. The van der Waals surface area contributed by atoms with Crippen molar-refractivity contribution in [3.05, 3.63) is 120 Å². The molecule has 5 aromatic carbocycles. The van der Waals surface area contributed by atoms with Gasteiger partial charge in [-0.3, -0.25) is 0 Å². The van der Waals surface area contributed by atoms with E-state index >= 15 is 0 Å². The molecule has 7 aromatic rings. The van der Waals surface area contributed by atoms with Crippen LogP contribution in [0.1, 0.15) is 11.1 Å². The molecule has 0 N–H and O–H groups in total. The monoisotopic (exact) mass is 420 g/mol. The molecule has 0 aliphatic heterocycles. The van der Waals surface area contributed by atoms with Crippen molar-refractivity contribution in [1.82, 2.24) is 9.13 Å². The maximum absolute atomic E-state index is 2.45. The first-order valence-corrected chi connectivity index (χ1v) is 11.5. The van der Waals surface area contributed by atoms with Gasteiger partial charge in [-0.25, -0.2) is 0 Å². The van der Waals surface area contributed by atoms with Crippen LogP contribution in [0.4, 0.5) is 0 Å². The van der Waals surface area contributed by atoms with Crippen molar-refractivity contribution < 1.29 is 0 Å². The van der Waals surface area contributed by atoms with E-state index in [1.165, 1.54) is 66.1 Å². The summed E-state index contributed by atoms with van der Waals surface area (Å²) >= 11 is 0. The van der Waals surface area contributed by atoms with E-state index in [1.807, 2.05) is 0 Å². The first kappa shape index (κ1) is 17.3. The number of aromatic nitrogens is 2. The van der Waals surface area contributed by atoms with Gasteiger partial charge in [0.1, 0.15) is 0 Å². The van der Waals surface area contributed by atoms with Crippen LogP contribution in [-0.4, -0.2) is 9.13 Å². The van der Waals surface area contributed by atoms with Gasteiger partial charge in [0, 0.05) is 32.9 Å². The van der Waals surface area contributed by atoms with E-state index in [9.17, 15) is 0 Å². The van der Waals surface area contributed by atoms with E-state index in [0.717, 1.165) is 6.42 Å². The van der Waals surface area contributed by atoms with Gasteiger partial charge in [0.15, 0.2) is 0 Å². The van der Waals surface area contributed by atoms with Crippen LogP contribution in [0, 0.1) is 0 Å². The highest BCUT2D eigenvalue weighted by atomic mass is 15.0. The Hall–Kier alpha value is -4.30. The van der Waals surface area contributed by atoms with Gasteiger partial charge in [0.25, 0.3) is 0 Å². The smallest absolute Gasteiger partial charge is 0.0548 e. The number of para-hydroxylation sites is 3. The standard InChI is InChI=1S/C31H20N2/c1-2-8-22(9-3-1)32-28-12-6-4-10-24(28)26-19-31-27(18-30(26)32)25-11-5-7-13-29(25)33(31)23-16-20-14-21(15-20)17-23/h1-14,16-19H,15H2. The molecule has 0 saturated heterocycles. The molecule has 2 aromatic heterocycles. The summed E-state index contributed by atoms with van der Waals surface area (Å²) < 4.78 is 4.85. The second-order valence-electron chi connectivity index (χ2n) is 9.11. The molecular weight excluding hydrogens is 400 g/mol. The second kappa shape index (κ2) is 6.14. The Morgan fingerprint density at radius 3 is 1.45 bits per heavy atom. The third-order valence-electron chi connectivity index (χ3n) is 7.18. The van der Waals surface area contributed by atoms with Gasteiger partial charge < -0.3 is 9.13 Å². The highest BCUT2D eigenvalue weighted by Gasteiger charge is 2.19. The molecule has 2 heteroatoms. The lowest BCUT2D eigenvalue weighted by Gasteiger charge is -2.19. The SMILES string of the molecule is c1ccc(-n2c3ccccc3c3cc4c(cc32)c2ccccc2n4-c2cc3cc(c2)C3)cc1. The molecule has 2 aliphatic rings. The Bertz CT molecular complexity index is 1860. The fourth-order valence-corrected chi connectivity index (χ4v) is 5.74. The third kappa shape index (κ3) is 2.27. The zero-order valence-electron chi connectivity index (χ0n) is 18.0. The largest absolute Gasteiger partial charge is 0.309 e. The minimum Gasteiger partial charge on any atom is -0.309 e. The molecule has 0 unspecified atom stereocenters. The van der Waals surface area contributed by atoms with Gasteiger partial charge in [0.05, 0.1) is 22.1 Å². The Labute approximate surface area is 190 Å². The fraction of sp³-hybridized carbons (Fsp3) is 0.0323. The molecule has 0 spiro atoms. The molecule has 2 aliphatic carbocycles. The van der Waals surface area contributed by atoms with Gasteiger partial charge in [-0.2, -0.15) is 0 Å². The van der Waals surface area contributed by atoms with Crippen LogP contribution in [0.25, 0.3) is 55.0 Å². The van der Waals surface area contributed by atoms with Gasteiger partial charge in [-0.15, -0.1) is 0 Å². The summed E-state index contributed by atoms with van der Waals surface area (Å²) in [6, 6.07) is 40.0. The predicted molar refractivity (Wildman–Crippen MR) is 138 cm³/mol. The van der Waals surface area contributed by atoms with Crippen molar-refractivity contribution in [2.45, 2.75) is 6.42 Å². The van der Waals surface area contributed by atoms with E-state index < -0.39 is 0 Å². The maximum Gasteiger partial charge on any atom is 0.0548 e. The van der Waals surface area contributed by atoms with Crippen molar-refractivity contribution in [2.24, 2.45) is 0 Å². The zero-order valence-corrected chi connectivity index (χ0v) is 18.0. The highest BCUT2D eigenvalue weighted by Crippen LogP contribution is 2.40. The van der Waals surface area contributed by atoms with Crippen molar-refractivity contribution in [2.75, 3.05) is 0 Å². The minimum atomic E-state index is 1.11. The van der Waals surface area contributed by atoms with Gasteiger partial charge in [-0.1, -0.05) is 60.7 Å². The molecule has 0 fully saturated rings. The Morgan fingerprint density at radius 1 is 0.394 bits per heavy atom. The minimum absolute atomic E-state index is 1.11. The van der Waals surface area contributed by atoms with Crippen LogP contribution in [-0.2, 0) is 6.42 Å². The Kier molecular flexibility index (Phi) is 3.22. The summed E-state index contributed by atoms with van der Waals surface area (Å²) in [5.74, 6) is 0. The molecule has 0 amide bonds. The van der Waals surface area contributed by atoms with Crippen LogP contribution < -0.4 is 0 Å². The predicted octanol–water partition coefficient (Wildman–Crippen LogP) is 7.79.